The number of ether oxygens (including phenoxy) is 1. The van der Waals surface area contributed by atoms with Crippen molar-refractivity contribution >= 4 is 128 Å². The molecule has 0 aliphatic heterocycles. The Labute approximate surface area is 398 Å². The van der Waals surface area contributed by atoms with Gasteiger partial charge in [0, 0.05) is 37.9 Å². The lowest BCUT2D eigenvalue weighted by molar-refractivity contribution is -0.645. The van der Waals surface area contributed by atoms with Gasteiger partial charge in [-0.1, -0.05) is 42.0 Å². The number of rotatable bonds is 17. The van der Waals surface area contributed by atoms with Crippen LogP contribution in [0.4, 0.5) is 0 Å². The van der Waals surface area contributed by atoms with E-state index in [1.165, 1.54) is 18.2 Å². The van der Waals surface area contributed by atoms with Gasteiger partial charge in [0.25, 0.3) is 26.0 Å². The van der Waals surface area contributed by atoms with Crippen LogP contribution in [-0.2, 0) is 42.7 Å². The summed E-state index contributed by atoms with van der Waals surface area (Å²) in [6.07, 6.45) is -0.467. The first kappa shape index (κ1) is 47.3. The summed E-state index contributed by atoms with van der Waals surface area (Å²) in [5.41, 5.74) is 2.53. The van der Waals surface area contributed by atoms with Crippen LogP contribution in [0.5, 0.6) is 17.2 Å². The number of carboxylic acid groups (broad SMARTS) is 1. The molecule has 0 spiro atoms. The van der Waals surface area contributed by atoms with E-state index in [1.807, 2.05) is 27.2 Å². The van der Waals surface area contributed by atoms with Crippen molar-refractivity contribution < 1.29 is 55.3 Å². The quantitative estimate of drug-likeness (QED) is 0.0303. The number of pyridine rings is 1. The summed E-state index contributed by atoms with van der Waals surface area (Å²) < 4.78 is 71.9. The molecular weight excluding hydrogens is 1180 g/mol. The van der Waals surface area contributed by atoms with Crippen LogP contribution in [0, 0.1) is 17.6 Å². The Kier molecular flexibility index (Phi) is 15.4. The van der Waals surface area contributed by atoms with Gasteiger partial charge in [-0.05, 0) is 141 Å². The van der Waals surface area contributed by atoms with Crippen LogP contribution in [0.2, 0.25) is 0 Å². The highest BCUT2D eigenvalue weighted by Crippen LogP contribution is 2.35. The average molecular weight is 1220 g/mol. The van der Waals surface area contributed by atoms with Crippen molar-refractivity contribution in [2.45, 2.75) is 50.1 Å². The van der Waals surface area contributed by atoms with E-state index in [1.54, 1.807) is 91.9 Å². The SMILES string of the molecule is Cc1ccc(S(=O)(=O)N(CCCC(=O)NC(Cc2cc(I)c(Oc3ccc(O)c(I)c3)c(I)c2)C(=O)O)C(=O)c2c3ccccc3[n+](CCCS(=O)(=O)O)c3ccccc23)cc1. The summed E-state index contributed by atoms with van der Waals surface area (Å²) in [4.78, 5) is 40.6. The summed E-state index contributed by atoms with van der Waals surface area (Å²) >= 11 is 6.15. The number of aliphatic carboxylic acids is 1. The molecule has 4 N–H and O–H groups in total. The lowest BCUT2D eigenvalue weighted by Gasteiger charge is -2.24. The number of carbonyl (C=O) groups excluding carboxylic acids is 2. The minimum atomic E-state index is -4.52. The summed E-state index contributed by atoms with van der Waals surface area (Å²) in [5, 5.41) is 23.3. The molecule has 1 unspecified atom stereocenters. The highest BCUT2D eigenvalue weighted by molar-refractivity contribution is 14.1. The van der Waals surface area contributed by atoms with Crippen LogP contribution >= 0.6 is 67.8 Å². The molecule has 324 valence electrons. The number of aromatic hydroxyl groups is 1. The number of fused-ring (bicyclic) bond motifs is 2. The molecule has 0 saturated carbocycles. The van der Waals surface area contributed by atoms with E-state index in [0.29, 0.717) is 49.6 Å². The van der Waals surface area contributed by atoms with Gasteiger partial charge in [0.2, 0.25) is 16.9 Å². The van der Waals surface area contributed by atoms with Crippen LogP contribution in [0.25, 0.3) is 21.8 Å². The number of amides is 2. The molecular formula is C43H39I3N3O11S2+. The molecule has 1 atom stereocenters. The molecule has 6 aromatic rings. The van der Waals surface area contributed by atoms with E-state index in [0.717, 1.165) is 9.87 Å². The number of aryl methyl sites for hydroxylation is 2. The zero-order valence-corrected chi connectivity index (χ0v) is 40.9. The summed E-state index contributed by atoms with van der Waals surface area (Å²) in [6, 6.07) is 26.7. The molecule has 0 aliphatic rings. The second-order valence-corrected chi connectivity index (χ2v) is 21.2. The largest absolute Gasteiger partial charge is 0.507 e. The maximum atomic E-state index is 14.9. The number of carboxylic acids is 1. The Hall–Kier alpha value is -4.17. The van der Waals surface area contributed by atoms with E-state index < -0.39 is 56.3 Å². The standard InChI is InChI=1S/C43H38I3N3O11S2/c1-26-13-16-29(17-14-26)62(58,59)49(42(52)40-30-8-2-4-10-36(30)48(19-7-21-61(55,56)57)37-11-5-3-9-31(37)40)20-6-12-39(51)47-35(43(53)54)24-27-22-33(45)41(34(46)23-27)60-28-15-18-38(50)32(44)25-28/h2-5,8-11,13-18,22-23,25,35H,6-7,12,19-21,24H2,1H3,(H3-,47,50,51,53,54,55,56,57)/p+1. The number of nitrogens with one attached hydrogen (secondary N) is 1. The number of sulfonamides is 1. The van der Waals surface area contributed by atoms with Gasteiger partial charge in [0.15, 0.2) is 12.3 Å². The number of halogens is 3. The summed E-state index contributed by atoms with van der Waals surface area (Å²) in [5.74, 6) is -2.12. The van der Waals surface area contributed by atoms with E-state index in [2.05, 4.69) is 50.5 Å². The predicted molar refractivity (Wildman–Crippen MR) is 257 cm³/mol. The maximum Gasteiger partial charge on any atom is 0.326 e. The third-order valence-corrected chi connectivity index (χ3v) is 14.9. The first-order valence-corrected chi connectivity index (χ1v) is 25.2. The maximum absolute atomic E-state index is 14.9. The van der Waals surface area contributed by atoms with Crippen LogP contribution in [0.15, 0.2) is 108 Å². The topological polar surface area (TPSA) is 209 Å². The smallest absolute Gasteiger partial charge is 0.326 e. The van der Waals surface area contributed by atoms with Gasteiger partial charge in [-0.15, -0.1) is 0 Å². The summed E-state index contributed by atoms with van der Waals surface area (Å²) in [6.45, 7) is 1.52. The van der Waals surface area contributed by atoms with Gasteiger partial charge < -0.3 is 20.3 Å². The zero-order valence-electron chi connectivity index (χ0n) is 32.8. The van der Waals surface area contributed by atoms with Gasteiger partial charge in [-0.25, -0.2) is 17.5 Å². The fourth-order valence-corrected chi connectivity index (χ4v) is 11.4. The molecule has 14 nitrogen and oxygen atoms in total. The molecule has 0 radical (unpaired) electrons. The van der Waals surface area contributed by atoms with Crippen LogP contribution in [0.3, 0.4) is 0 Å². The van der Waals surface area contributed by atoms with Crippen LogP contribution in [0.1, 0.15) is 40.7 Å². The van der Waals surface area contributed by atoms with Crippen molar-refractivity contribution in [2.24, 2.45) is 0 Å². The van der Waals surface area contributed by atoms with Crippen molar-refractivity contribution in [3.63, 3.8) is 0 Å². The van der Waals surface area contributed by atoms with Gasteiger partial charge >= 0.3 is 5.97 Å². The molecule has 0 aliphatic carbocycles. The Morgan fingerprint density at radius 3 is 1.97 bits per heavy atom. The fraction of sp³-hybridized carbons (Fsp3) is 0.209. The Bertz CT molecular complexity index is 2850. The zero-order chi connectivity index (χ0) is 44.9. The van der Waals surface area contributed by atoms with Crippen molar-refractivity contribution in [3.8, 4) is 17.2 Å². The van der Waals surface area contributed by atoms with Crippen molar-refractivity contribution in [1.29, 1.82) is 0 Å². The first-order chi connectivity index (χ1) is 29.3. The van der Waals surface area contributed by atoms with Gasteiger partial charge in [0.1, 0.15) is 17.5 Å². The number of benzene rings is 5. The highest BCUT2D eigenvalue weighted by atomic mass is 127. The van der Waals surface area contributed by atoms with E-state index >= 15 is 0 Å². The van der Waals surface area contributed by atoms with E-state index in [-0.39, 0.29) is 48.4 Å². The number of phenols is 1. The second kappa shape index (κ2) is 20.1. The molecule has 0 bridgehead atoms. The van der Waals surface area contributed by atoms with Gasteiger partial charge in [-0.3, -0.25) is 14.1 Å². The summed E-state index contributed by atoms with van der Waals surface area (Å²) in [7, 11) is -8.77. The number of para-hydroxylation sites is 2. The van der Waals surface area contributed by atoms with Crippen LogP contribution in [-0.4, -0.2) is 72.0 Å². The highest BCUT2D eigenvalue weighted by Gasteiger charge is 2.34. The lowest BCUT2D eigenvalue weighted by atomic mass is 10.0. The Morgan fingerprint density at radius 2 is 1.40 bits per heavy atom. The number of phenolic OH excluding ortho intramolecular Hbond substituents is 1. The number of carbonyl (C=O) groups is 3. The number of hydrogen-bond acceptors (Lipinski definition) is 9. The molecule has 1 heterocycles. The molecule has 6 rings (SSSR count). The normalized spacial score (nSPS) is 12.3. The molecule has 5 aromatic carbocycles. The Morgan fingerprint density at radius 1 is 0.806 bits per heavy atom. The fourth-order valence-electron chi connectivity index (χ4n) is 6.87. The minimum Gasteiger partial charge on any atom is -0.507 e. The van der Waals surface area contributed by atoms with Crippen molar-refractivity contribution in [3.05, 3.63) is 131 Å². The monoisotopic (exact) mass is 1220 g/mol. The van der Waals surface area contributed by atoms with Gasteiger partial charge in [-0.2, -0.15) is 13.0 Å². The minimum absolute atomic E-state index is 0.0605. The number of nitrogens with zero attached hydrogens (tertiary/aromatic N) is 2. The lowest BCUT2D eigenvalue weighted by Crippen LogP contribution is -2.43. The molecule has 0 saturated heterocycles. The second-order valence-electron chi connectivity index (χ2n) is 14.3. The number of hydrogen-bond donors (Lipinski definition) is 4. The molecule has 1 aromatic heterocycles. The van der Waals surface area contributed by atoms with E-state index in [9.17, 15) is 46.0 Å². The molecule has 0 fully saturated rings. The Balaban J connectivity index is 1.25. The van der Waals surface area contributed by atoms with Crippen molar-refractivity contribution in [1.82, 2.24) is 9.62 Å². The third kappa shape index (κ3) is 11.3. The van der Waals surface area contributed by atoms with Crippen LogP contribution < -0.4 is 14.6 Å². The van der Waals surface area contributed by atoms with E-state index in [4.69, 9.17) is 4.74 Å². The molecule has 19 heteroatoms. The van der Waals surface area contributed by atoms with Gasteiger partial charge in [0.05, 0.1) is 37.7 Å². The van der Waals surface area contributed by atoms with Crippen molar-refractivity contribution in [2.75, 3.05) is 12.3 Å². The number of aromatic nitrogens is 1. The average Bonchev–Trinajstić information content (AvgIpc) is 3.21. The molecule has 62 heavy (non-hydrogen) atoms. The first-order valence-electron chi connectivity index (χ1n) is 18.9. The third-order valence-electron chi connectivity index (χ3n) is 9.80. The predicted octanol–water partition coefficient (Wildman–Crippen LogP) is 7.60. The molecule has 2 amide bonds.